The topological polar surface area (TPSA) is 41.1 Å². The molecule has 3 rings (SSSR count). The Labute approximate surface area is 132 Å². The molecule has 0 atom stereocenters. The van der Waals surface area contributed by atoms with Crippen molar-refractivity contribution in [2.45, 2.75) is 44.6 Å². The maximum absolute atomic E-state index is 4.49. The van der Waals surface area contributed by atoms with Crippen molar-refractivity contribution in [2.75, 3.05) is 36.5 Å². The van der Waals surface area contributed by atoms with Gasteiger partial charge in [-0.15, -0.1) is 0 Å². The average molecular weight is 306 g/mol. The Balaban J connectivity index is 1.69. The highest BCUT2D eigenvalue weighted by Crippen LogP contribution is 2.35. The van der Waals surface area contributed by atoms with Crippen LogP contribution in [0.4, 0.5) is 5.95 Å². The second-order valence-electron chi connectivity index (χ2n) is 6.26. The van der Waals surface area contributed by atoms with Crippen LogP contribution in [0.2, 0.25) is 0 Å². The molecule has 0 spiro atoms. The number of hydrogen-bond acceptors (Lipinski definition) is 5. The van der Waals surface area contributed by atoms with Gasteiger partial charge in [0, 0.05) is 48.6 Å². The van der Waals surface area contributed by atoms with Crippen LogP contribution in [0.25, 0.3) is 0 Å². The van der Waals surface area contributed by atoms with Gasteiger partial charge in [-0.3, -0.25) is 4.90 Å². The summed E-state index contributed by atoms with van der Waals surface area (Å²) in [5.74, 6) is 3.34. The van der Waals surface area contributed by atoms with Crippen molar-refractivity contribution in [2.24, 2.45) is 0 Å². The number of rotatable bonds is 4. The number of hydrogen-bond donors (Lipinski definition) is 1. The molecule has 2 aliphatic rings. The summed E-state index contributed by atoms with van der Waals surface area (Å²) in [5.41, 5.74) is 1.35. The molecule has 5 heteroatoms. The van der Waals surface area contributed by atoms with Gasteiger partial charge in [-0.05, 0) is 25.8 Å². The lowest BCUT2D eigenvalue weighted by atomic mass is 9.80. The Hall–Kier alpha value is -0.810. The van der Waals surface area contributed by atoms with Crippen molar-refractivity contribution >= 4 is 17.7 Å². The van der Waals surface area contributed by atoms with E-state index in [2.05, 4.69) is 31.9 Å². The van der Waals surface area contributed by atoms with E-state index < -0.39 is 0 Å². The largest absolute Gasteiger partial charge is 0.352 e. The minimum Gasteiger partial charge on any atom is -0.352 e. The number of aromatic nitrogens is 2. The molecule has 21 heavy (non-hydrogen) atoms. The van der Waals surface area contributed by atoms with Crippen LogP contribution in [0, 0.1) is 6.92 Å². The van der Waals surface area contributed by atoms with E-state index in [4.69, 9.17) is 0 Å². The van der Waals surface area contributed by atoms with E-state index in [1.54, 1.807) is 0 Å². The number of thioether (sulfide) groups is 1. The maximum atomic E-state index is 4.49. The molecule has 0 unspecified atom stereocenters. The van der Waals surface area contributed by atoms with Gasteiger partial charge in [-0.1, -0.05) is 19.3 Å². The highest BCUT2D eigenvalue weighted by molar-refractivity contribution is 7.99. The van der Waals surface area contributed by atoms with Gasteiger partial charge in [0.05, 0.1) is 0 Å². The molecule has 116 valence electrons. The van der Waals surface area contributed by atoms with E-state index in [0.29, 0.717) is 5.54 Å². The Morgan fingerprint density at radius 3 is 2.71 bits per heavy atom. The van der Waals surface area contributed by atoms with Crippen molar-refractivity contribution in [1.29, 1.82) is 0 Å². The summed E-state index contributed by atoms with van der Waals surface area (Å²) in [6.07, 6.45) is 8.59. The van der Waals surface area contributed by atoms with Gasteiger partial charge < -0.3 is 5.32 Å². The summed E-state index contributed by atoms with van der Waals surface area (Å²) in [6, 6.07) is 1.95. The van der Waals surface area contributed by atoms with Crippen molar-refractivity contribution in [3.63, 3.8) is 0 Å². The Bertz CT molecular complexity index is 453. The monoisotopic (exact) mass is 306 g/mol. The zero-order chi connectivity index (χ0) is 14.5. The zero-order valence-corrected chi connectivity index (χ0v) is 13.8. The Kier molecular flexibility index (Phi) is 5.01. The molecule has 2 fully saturated rings. The lowest BCUT2D eigenvalue weighted by molar-refractivity contribution is 0.0705. The molecule has 1 aromatic rings. The fourth-order valence-corrected chi connectivity index (χ4v) is 4.53. The lowest BCUT2D eigenvalue weighted by Crippen LogP contribution is -2.57. The second kappa shape index (κ2) is 6.97. The summed E-state index contributed by atoms with van der Waals surface area (Å²) in [7, 11) is 0. The van der Waals surface area contributed by atoms with Crippen molar-refractivity contribution in [1.82, 2.24) is 14.9 Å². The van der Waals surface area contributed by atoms with Crippen LogP contribution in [0.5, 0.6) is 0 Å². The molecule has 0 bridgehead atoms. The summed E-state index contributed by atoms with van der Waals surface area (Å²) in [4.78, 5) is 11.6. The quantitative estimate of drug-likeness (QED) is 0.926. The molecule has 1 aliphatic heterocycles. The SMILES string of the molecule is Cc1ccnc(NCC2(N3CCSCC3)CCCCC2)n1. The maximum Gasteiger partial charge on any atom is 0.222 e. The van der Waals surface area contributed by atoms with Crippen LogP contribution < -0.4 is 5.32 Å². The first-order valence-corrected chi connectivity index (χ1v) is 9.30. The van der Waals surface area contributed by atoms with E-state index in [0.717, 1.165) is 18.2 Å². The number of anilines is 1. The molecule has 1 saturated carbocycles. The predicted octanol–water partition coefficient (Wildman–Crippen LogP) is 2.95. The van der Waals surface area contributed by atoms with Gasteiger partial charge in [-0.2, -0.15) is 11.8 Å². The van der Waals surface area contributed by atoms with Gasteiger partial charge in [0.15, 0.2) is 0 Å². The third kappa shape index (κ3) is 3.69. The van der Waals surface area contributed by atoms with Crippen LogP contribution in [0.3, 0.4) is 0 Å². The molecule has 1 aliphatic carbocycles. The third-order valence-electron chi connectivity index (χ3n) is 4.84. The third-order valence-corrected chi connectivity index (χ3v) is 5.78. The number of aryl methyl sites for hydroxylation is 1. The number of nitrogens with zero attached hydrogens (tertiary/aromatic N) is 3. The van der Waals surface area contributed by atoms with E-state index in [9.17, 15) is 0 Å². The average Bonchev–Trinajstić information content (AvgIpc) is 2.55. The van der Waals surface area contributed by atoms with Gasteiger partial charge in [0.2, 0.25) is 5.95 Å². The van der Waals surface area contributed by atoms with Gasteiger partial charge in [0.25, 0.3) is 0 Å². The lowest BCUT2D eigenvalue weighted by Gasteiger charge is -2.48. The zero-order valence-electron chi connectivity index (χ0n) is 13.0. The van der Waals surface area contributed by atoms with Crippen molar-refractivity contribution in [3.05, 3.63) is 18.0 Å². The molecule has 0 amide bonds. The molecular formula is C16H26N4S. The number of nitrogens with one attached hydrogen (secondary N) is 1. The van der Waals surface area contributed by atoms with Gasteiger partial charge >= 0.3 is 0 Å². The second-order valence-corrected chi connectivity index (χ2v) is 7.48. The molecule has 1 aromatic heterocycles. The first-order chi connectivity index (χ1) is 10.3. The fourth-order valence-electron chi connectivity index (χ4n) is 3.63. The van der Waals surface area contributed by atoms with E-state index in [1.165, 1.54) is 56.7 Å². The molecule has 4 nitrogen and oxygen atoms in total. The molecule has 2 heterocycles. The fraction of sp³-hybridized carbons (Fsp3) is 0.750. The standard InChI is InChI=1S/C16H26N4S/c1-14-5-8-17-15(19-14)18-13-16(6-3-2-4-7-16)20-9-11-21-12-10-20/h5,8H,2-4,6-7,9-13H2,1H3,(H,17,18,19). The summed E-state index contributed by atoms with van der Waals surface area (Å²) in [6.45, 7) is 5.48. The molecular weight excluding hydrogens is 280 g/mol. The summed E-state index contributed by atoms with van der Waals surface area (Å²) >= 11 is 2.09. The summed E-state index contributed by atoms with van der Waals surface area (Å²) < 4.78 is 0. The molecule has 1 saturated heterocycles. The minimum atomic E-state index is 0.326. The van der Waals surface area contributed by atoms with Crippen LogP contribution in [-0.2, 0) is 0 Å². The Morgan fingerprint density at radius 2 is 2.00 bits per heavy atom. The van der Waals surface area contributed by atoms with Crippen LogP contribution >= 0.6 is 11.8 Å². The van der Waals surface area contributed by atoms with Crippen LogP contribution in [0.15, 0.2) is 12.3 Å². The Morgan fingerprint density at radius 1 is 1.24 bits per heavy atom. The first-order valence-electron chi connectivity index (χ1n) is 8.15. The highest BCUT2D eigenvalue weighted by atomic mass is 32.2. The van der Waals surface area contributed by atoms with Crippen molar-refractivity contribution in [3.8, 4) is 0 Å². The minimum absolute atomic E-state index is 0.326. The van der Waals surface area contributed by atoms with Gasteiger partial charge in [0.1, 0.15) is 0 Å². The smallest absolute Gasteiger partial charge is 0.222 e. The van der Waals surface area contributed by atoms with Crippen LogP contribution in [0.1, 0.15) is 37.8 Å². The molecule has 1 N–H and O–H groups in total. The highest BCUT2D eigenvalue weighted by Gasteiger charge is 2.38. The molecule has 0 radical (unpaired) electrons. The summed E-state index contributed by atoms with van der Waals surface area (Å²) in [5, 5.41) is 3.52. The van der Waals surface area contributed by atoms with Crippen LogP contribution in [-0.4, -0.2) is 51.5 Å². The first kappa shape index (κ1) is 15.1. The normalized spacial score (nSPS) is 22.9. The van der Waals surface area contributed by atoms with E-state index >= 15 is 0 Å². The van der Waals surface area contributed by atoms with E-state index in [1.807, 2.05) is 19.2 Å². The predicted molar refractivity (Wildman–Crippen MR) is 90.0 cm³/mol. The van der Waals surface area contributed by atoms with Gasteiger partial charge in [-0.25, -0.2) is 9.97 Å². The van der Waals surface area contributed by atoms with E-state index in [-0.39, 0.29) is 0 Å². The van der Waals surface area contributed by atoms with Crippen molar-refractivity contribution < 1.29 is 0 Å². The molecule has 0 aromatic carbocycles.